The number of hydrazine groups is 1. The molecule has 0 bridgehead atoms. The Morgan fingerprint density at radius 3 is 2.23 bits per heavy atom. The molecular formula is C24H24F2N2O2. The van der Waals surface area contributed by atoms with E-state index in [2.05, 4.69) is 10.9 Å². The summed E-state index contributed by atoms with van der Waals surface area (Å²) in [4.78, 5) is 11.4. The second kappa shape index (κ2) is 10.5. The lowest BCUT2D eigenvalue weighted by molar-refractivity contribution is -0.121. The number of amides is 1. The first-order valence-electron chi connectivity index (χ1n) is 9.80. The third kappa shape index (κ3) is 5.87. The van der Waals surface area contributed by atoms with E-state index in [4.69, 9.17) is 4.74 Å². The number of carbonyl (C=O) groups excluding carboxylic acids is 1. The summed E-state index contributed by atoms with van der Waals surface area (Å²) in [6, 6.07) is 18.5. The lowest BCUT2D eigenvalue weighted by atomic mass is 10.0. The van der Waals surface area contributed by atoms with Crippen LogP contribution in [0.1, 0.15) is 35.6 Å². The van der Waals surface area contributed by atoms with E-state index in [-0.39, 0.29) is 24.1 Å². The quantitative estimate of drug-likeness (QED) is 0.504. The highest BCUT2D eigenvalue weighted by molar-refractivity contribution is 5.74. The van der Waals surface area contributed by atoms with Gasteiger partial charge in [-0.25, -0.2) is 14.2 Å². The Morgan fingerprint density at radius 2 is 1.57 bits per heavy atom. The van der Waals surface area contributed by atoms with Crippen LogP contribution in [0.2, 0.25) is 0 Å². The van der Waals surface area contributed by atoms with Crippen LogP contribution >= 0.6 is 0 Å². The minimum atomic E-state index is -0.333. The first kappa shape index (κ1) is 21.5. The molecule has 0 unspecified atom stereocenters. The first-order valence-corrected chi connectivity index (χ1v) is 9.80. The van der Waals surface area contributed by atoms with Crippen molar-refractivity contribution in [2.75, 3.05) is 0 Å². The van der Waals surface area contributed by atoms with E-state index in [1.54, 1.807) is 49.4 Å². The molecule has 3 aromatic carbocycles. The predicted octanol–water partition coefficient (Wildman–Crippen LogP) is 4.67. The van der Waals surface area contributed by atoms with Crippen molar-refractivity contribution in [3.63, 3.8) is 0 Å². The van der Waals surface area contributed by atoms with Crippen LogP contribution in [-0.2, 0) is 24.4 Å². The van der Waals surface area contributed by atoms with Crippen LogP contribution in [0.15, 0.2) is 66.7 Å². The molecule has 0 saturated carbocycles. The largest absolute Gasteiger partial charge is 0.489 e. The number of hydrogen-bond donors (Lipinski definition) is 2. The monoisotopic (exact) mass is 410 g/mol. The molecule has 0 aromatic heterocycles. The van der Waals surface area contributed by atoms with Gasteiger partial charge in [0.2, 0.25) is 5.91 Å². The van der Waals surface area contributed by atoms with E-state index < -0.39 is 0 Å². The molecule has 0 aliphatic heterocycles. The Bertz CT molecular complexity index is 1010. The molecule has 3 aromatic rings. The summed E-state index contributed by atoms with van der Waals surface area (Å²) >= 11 is 0. The highest BCUT2D eigenvalue weighted by Gasteiger charge is 2.11. The van der Waals surface area contributed by atoms with E-state index >= 15 is 0 Å². The van der Waals surface area contributed by atoms with Crippen LogP contribution in [0.4, 0.5) is 8.78 Å². The zero-order chi connectivity index (χ0) is 21.3. The fourth-order valence-electron chi connectivity index (χ4n) is 2.97. The van der Waals surface area contributed by atoms with Crippen molar-refractivity contribution in [2.24, 2.45) is 0 Å². The zero-order valence-electron chi connectivity index (χ0n) is 16.8. The van der Waals surface area contributed by atoms with Crippen molar-refractivity contribution in [3.8, 4) is 5.75 Å². The summed E-state index contributed by atoms with van der Waals surface area (Å²) < 4.78 is 34.0. The number of ether oxygens (including phenoxy) is 1. The second-order valence-corrected chi connectivity index (χ2v) is 6.85. The number of carbonyl (C=O) groups is 1. The van der Waals surface area contributed by atoms with Crippen LogP contribution in [-0.4, -0.2) is 5.91 Å². The second-order valence-electron chi connectivity index (χ2n) is 6.85. The smallest absolute Gasteiger partial charge is 0.233 e. The average Bonchev–Trinajstić information content (AvgIpc) is 2.75. The van der Waals surface area contributed by atoms with Gasteiger partial charge in [-0.3, -0.25) is 10.2 Å². The number of halogens is 2. The van der Waals surface area contributed by atoms with Crippen molar-refractivity contribution in [1.82, 2.24) is 10.9 Å². The number of nitrogens with one attached hydrogen (secondary N) is 2. The van der Waals surface area contributed by atoms with E-state index in [1.807, 2.05) is 12.1 Å². The Labute approximate surface area is 174 Å². The van der Waals surface area contributed by atoms with Crippen molar-refractivity contribution >= 4 is 5.91 Å². The van der Waals surface area contributed by atoms with E-state index in [1.165, 1.54) is 12.1 Å². The molecule has 0 aliphatic rings. The lowest BCUT2D eigenvalue weighted by Gasteiger charge is -2.15. The molecule has 0 heterocycles. The van der Waals surface area contributed by atoms with Gasteiger partial charge < -0.3 is 4.74 Å². The number of hydrogen-bond acceptors (Lipinski definition) is 3. The summed E-state index contributed by atoms with van der Waals surface area (Å²) in [5, 5.41) is 0. The highest BCUT2D eigenvalue weighted by atomic mass is 19.1. The van der Waals surface area contributed by atoms with Gasteiger partial charge in [0, 0.05) is 24.9 Å². The molecule has 156 valence electrons. The molecule has 1 amide bonds. The maximum Gasteiger partial charge on any atom is 0.233 e. The number of benzene rings is 3. The van der Waals surface area contributed by atoms with Gasteiger partial charge in [0.05, 0.1) is 0 Å². The molecule has 0 spiro atoms. The fraction of sp³-hybridized carbons (Fsp3) is 0.208. The van der Waals surface area contributed by atoms with E-state index in [0.29, 0.717) is 36.3 Å². The van der Waals surface area contributed by atoms with Crippen molar-refractivity contribution in [1.29, 1.82) is 0 Å². The third-order valence-corrected chi connectivity index (χ3v) is 4.65. The standard InChI is InChI=1S/C24H24F2N2O2/c1-2-24(29)28-27-15-17-11-12-23(30-16-19-8-4-6-10-22(19)26)20(13-17)14-18-7-3-5-9-21(18)25/h3-13,27H,2,14-16H2,1H3,(H,28,29). The zero-order valence-corrected chi connectivity index (χ0v) is 16.8. The van der Waals surface area contributed by atoms with Gasteiger partial charge in [0.15, 0.2) is 0 Å². The van der Waals surface area contributed by atoms with Gasteiger partial charge in [-0.1, -0.05) is 55.5 Å². The highest BCUT2D eigenvalue weighted by Crippen LogP contribution is 2.26. The molecule has 0 atom stereocenters. The normalized spacial score (nSPS) is 10.6. The molecule has 0 radical (unpaired) electrons. The lowest BCUT2D eigenvalue weighted by Crippen LogP contribution is -2.36. The Hall–Kier alpha value is -3.25. The van der Waals surface area contributed by atoms with E-state index in [9.17, 15) is 13.6 Å². The maximum atomic E-state index is 14.2. The van der Waals surface area contributed by atoms with E-state index in [0.717, 1.165) is 11.1 Å². The van der Waals surface area contributed by atoms with Crippen molar-refractivity contribution < 1.29 is 18.3 Å². The van der Waals surface area contributed by atoms with Crippen LogP contribution in [0.3, 0.4) is 0 Å². The molecule has 4 nitrogen and oxygen atoms in total. The molecule has 3 rings (SSSR count). The summed E-state index contributed by atoms with van der Waals surface area (Å²) in [6.45, 7) is 2.25. The van der Waals surface area contributed by atoms with Gasteiger partial charge >= 0.3 is 0 Å². The van der Waals surface area contributed by atoms with Gasteiger partial charge in [-0.15, -0.1) is 0 Å². The minimum absolute atomic E-state index is 0.0705. The minimum Gasteiger partial charge on any atom is -0.489 e. The molecule has 0 saturated heterocycles. The topological polar surface area (TPSA) is 50.4 Å². The van der Waals surface area contributed by atoms with Crippen molar-refractivity contribution in [2.45, 2.75) is 32.9 Å². The Balaban J connectivity index is 1.80. The molecule has 30 heavy (non-hydrogen) atoms. The molecular weight excluding hydrogens is 386 g/mol. The Kier molecular flexibility index (Phi) is 7.51. The SMILES string of the molecule is CCC(=O)NNCc1ccc(OCc2ccccc2F)c(Cc2ccccc2F)c1. The van der Waals surface area contributed by atoms with Crippen LogP contribution in [0, 0.1) is 11.6 Å². The molecule has 2 N–H and O–H groups in total. The third-order valence-electron chi connectivity index (χ3n) is 4.65. The van der Waals surface area contributed by atoms with Crippen LogP contribution in [0.25, 0.3) is 0 Å². The number of rotatable bonds is 9. The van der Waals surface area contributed by atoms with Crippen molar-refractivity contribution in [3.05, 3.63) is 101 Å². The van der Waals surface area contributed by atoms with Crippen LogP contribution < -0.4 is 15.6 Å². The molecule has 0 fully saturated rings. The summed E-state index contributed by atoms with van der Waals surface area (Å²) in [5.41, 5.74) is 8.14. The van der Waals surface area contributed by atoms with Gasteiger partial charge in [0.1, 0.15) is 24.0 Å². The maximum absolute atomic E-state index is 14.2. The summed E-state index contributed by atoms with van der Waals surface area (Å²) in [5.74, 6) is -0.175. The summed E-state index contributed by atoms with van der Waals surface area (Å²) in [6.07, 6.45) is 0.711. The van der Waals surface area contributed by atoms with Gasteiger partial charge in [-0.2, -0.15) is 0 Å². The fourth-order valence-corrected chi connectivity index (χ4v) is 2.97. The van der Waals surface area contributed by atoms with Gasteiger partial charge in [0.25, 0.3) is 0 Å². The molecule has 6 heteroatoms. The first-order chi connectivity index (χ1) is 14.6. The Morgan fingerprint density at radius 1 is 0.900 bits per heavy atom. The summed E-state index contributed by atoms with van der Waals surface area (Å²) in [7, 11) is 0. The predicted molar refractivity (Wildman–Crippen MR) is 112 cm³/mol. The van der Waals surface area contributed by atoms with Crippen LogP contribution in [0.5, 0.6) is 5.75 Å². The molecule has 0 aliphatic carbocycles. The van der Waals surface area contributed by atoms with Gasteiger partial charge in [-0.05, 0) is 34.9 Å². The average molecular weight is 410 g/mol.